The van der Waals surface area contributed by atoms with Crippen LogP contribution in [0.4, 0.5) is 4.39 Å². The van der Waals surface area contributed by atoms with Gasteiger partial charge in [-0.2, -0.15) is 4.98 Å². The highest BCUT2D eigenvalue weighted by atomic mass is 19.1. The van der Waals surface area contributed by atoms with Gasteiger partial charge in [-0.15, -0.1) is 0 Å². The van der Waals surface area contributed by atoms with Crippen molar-refractivity contribution in [3.05, 3.63) is 36.0 Å². The highest BCUT2D eigenvalue weighted by molar-refractivity contribution is 5.78. The third-order valence-corrected chi connectivity index (χ3v) is 4.93. The third kappa shape index (κ3) is 3.28. The first-order chi connectivity index (χ1) is 12.1. The minimum Gasteiger partial charge on any atom is -0.461 e. The molecule has 0 N–H and O–H groups in total. The van der Waals surface area contributed by atoms with Crippen LogP contribution in [0.3, 0.4) is 0 Å². The van der Waals surface area contributed by atoms with Crippen molar-refractivity contribution in [2.75, 3.05) is 13.1 Å². The van der Waals surface area contributed by atoms with Crippen molar-refractivity contribution in [2.24, 2.45) is 0 Å². The molecule has 6 nitrogen and oxygen atoms in total. The first kappa shape index (κ1) is 16.2. The summed E-state index contributed by atoms with van der Waals surface area (Å²) in [5, 5.41) is 4.02. The molecule has 132 valence electrons. The minimum atomic E-state index is -0.298. The molecule has 0 bridgehead atoms. The Hall–Kier alpha value is -2.28. The van der Waals surface area contributed by atoms with E-state index in [1.807, 2.05) is 6.92 Å². The third-order valence-electron chi connectivity index (χ3n) is 4.93. The number of benzene rings is 1. The zero-order valence-corrected chi connectivity index (χ0v) is 14.0. The number of hydrogen-bond donors (Lipinski definition) is 0. The monoisotopic (exact) mass is 345 g/mol. The van der Waals surface area contributed by atoms with Crippen LogP contribution in [0.1, 0.15) is 38.0 Å². The van der Waals surface area contributed by atoms with Crippen molar-refractivity contribution in [2.45, 2.75) is 44.2 Å². The highest BCUT2D eigenvalue weighted by Gasteiger charge is 2.39. The van der Waals surface area contributed by atoms with E-state index >= 15 is 0 Å². The lowest BCUT2D eigenvalue weighted by Crippen LogP contribution is -2.44. The van der Waals surface area contributed by atoms with Crippen LogP contribution >= 0.6 is 0 Å². The Kier molecular flexibility index (Phi) is 4.25. The van der Waals surface area contributed by atoms with Gasteiger partial charge in [0.2, 0.25) is 11.7 Å². The quantitative estimate of drug-likeness (QED) is 0.797. The largest absolute Gasteiger partial charge is 0.461 e. The Bertz CT molecular complexity index is 761. The molecule has 25 heavy (non-hydrogen) atoms. The van der Waals surface area contributed by atoms with Crippen molar-refractivity contribution < 1.29 is 18.4 Å². The van der Waals surface area contributed by atoms with Gasteiger partial charge in [0.15, 0.2) is 0 Å². The number of esters is 1. The fourth-order valence-electron chi connectivity index (χ4n) is 3.64. The van der Waals surface area contributed by atoms with Gasteiger partial charge in [-0.1, -0.05) is 5.16 Å². The number of cyclic esters (lactones) is 1. The number of carbonyl (C=O) groups is 1. The number of carbonyl (C=O) groups excluding carboxylic acids is 1. The number of piperidine rings is 1. The predicted molar refractivity (Wildman–Crippen MR) is 87.2 cm³/mol. The van der Waals surface area contributed by atoms with Crippen molar-refractivity contribution >= 4 is 5.97 Å². The minimum absolute atomic E-state index is 0.0219. The topological polar surface area (TPSA) is 68.5 Å². The molecule has 2 aliphatic heterocycles. The lowest BCUT2D eigenvalue weighted by atomic mass is 9.96. The summed E-state index contributed by atoms with van der Waals surface area (Å²) in [5.74, 6) is 0.697. The molecule has 0 radical (unpaired) electrons. The van der Waals surface area contributed by atoms with Gasteiger partial charge in [0.25, 0.3) is 0 Å². The van der Waals surface area contributed by atoms with Crippen LogP contribution in [0.15, 0.2) is 28.8 Å². The van der Waals surface area contributed by atoms with E-state index in [1.54, 1.807) is 12.1 Å². The van der Waals surface area contributed by atoms with E-state index in [-0.39, 0.29) is 29.9 Å². The first-order valence-electron chi connectivity index (χ1n) is 8.64. The molecule has 2 fully saturated rings. The number of likely N-dealkylation sites (tertiary alicyclic amines) is 1. The fraction of sp³-hybridized carbons (Fsp3) is 0.500. The summed E-state index contributed by atoms with van der Waals surface area (Å²) in [7, 11) is 0. The molecule has 7 heteroatoms. The molecule has 0 unspecified atom stereocenters. The second kappa shape index (κ2) is 6.55. The number of halogens is 1. The summed E-state index contributed by atoms with van der Waals surface area (Å²) in [6, 6.07) is 5.85. The van der Waals surface area contributed by atoms with Gasteiger partial charge < -0.3 is 9.26 Å². The Labute approximate surface area is 145 Å². The van der Waals surface area contributed by atoms with Gasteiger partial charge in [0, 0.05) is 18.5 Å². The standard InChI is InChI=1S/C18H20FN3O3/c1-11-9-15(18(23)24-11)22-8-2-3-13(10-22)17-20-16(21-25-17)12-4-6-14(19)7-5-12/h4-7,11,13,15H,2-3,8-10H2,1H3/t11-,13+,15-/m1/s1. The summed E-state index contributed by atoms with van der Waals surface area (Å²) in [4.78, 5) is 18.7. The van der Waals surface area contributed by atoms with Crippen LogP contribution in [-0.2, 0) is 9.53 Å². The van der Waals surface area contributed by atoms with Crippen LogP contribution in [0.5, 0.6) is 0 Å². The molecule has 0 amide bonds. The lowest BCUT2D eigenvalue weighted by Gasteiger charge is -2.33. The Morgan fingerprint density at radius 3 is 2.80 bits per heavy atom. The van der Waals surface area contributed by atoms with Gasteiger partial charge >= 0.3 is 5.97 Å². The smallest absolute Gasteiger partial charge is 0.323 e. The van der Waals surface area contributed by atoms with Crippen LogP contribution in [0.25, 0.3) is 11.4 Å². The fourth-order valence-corrected chi connectivity index (χ4v) is 3.64. The molecule has 3 atom stereocenters. The maximum Gasteiger partial charge on any atom is 0.323 e. The molecule has 2 aromatic rings. The van der Waals surface area contributed by atoms with Gasteiger partial charge in [0.05, 0.1) is 5.92 Å². The van der Waals surface area contributed by atoms with E-state index in [4.69, 9.17) is 9.26 Å². The van der Waals surface area contributed by atoms with E-state index in [1.165, 1.54) is 12.1 Å². The summed E-state index contributed by atoms with van der Waals surface area (Å²) in [6.07, 6.45) is 2.62. The molecule has 0 saturated carbocycles. The molecule has 2 saturated heterocycles. The number of rotatable bonds is 3. The zero-order chi connectivity index (χ0) is 17.4. The van der Waals surface area contributed by atoms with Gasteiger partial charge in [-0.3, -0.25) is 9.69 Å². The maximum atomic E-state index is 13.0. The normalized spacial score (nSPS) is 27.4. The number of hydrogen-bond acceptors (Lipinski definition) is 6. The van der Waals surface area contributed by atoms with Crippen molar-refractivity contribution in [1.82, 2.24) is 15.0 Å². The lowest BCUT2D eigenvalue weighted by molar-refractivity contribution is -0.145. The van der Waals surface area contributed by atoms with E-state index in [0.29, 0.717) is 18.3 Å². The summed E-state index contributed by atoms with van der Waals surface area (Å²) in [5.41, 5.74) is 0.720. The number of aromatic nitrogens is 2. The summed E-state index contributed by atoms with van der Waals surface area (Å²) >= 11 is 0. The van der Waals surface area contributed by atoms with E-state index in [0.717, 1.165) is 31.4 Å². The molecular formula is C18H20FN3O3. The van der Waals surface area contributed by atoms with Crippen molar-refractivity contribution in [1.29, 1.82) is 0 Å². The second-order valence-electron chi connectivity index (χ2n) is 6.80. The van der Waals surface area contributed by atoms with Gasteiger partial charge in [0.1, 0.15) is 18.0 Å². The average molecular weight is 345 g/mol. The summed E-state index contributed by atoms with van der Waals surface area (Å²) < 4.78 is 23.8. The average Bonchev–Trinajstić information content (AvgIpc) is 3.22. The Morgan fingerprint density at radius 1 is 1.28 bits per heavy atom. The van der Waals surface area contributed by atoms with Gasteiger partial charge in [-0.25, -0.2) is 4.39 Å². The second-order valence-corrected chi connectivity index (χ2v) is 6.80. The molecule has 0 aliphatic carbocycles. The van der Waals surface area contributed by atoms with Crippen LogP contribution in [0, 0.1) is 5.82 Å². The van der Waals surface area contributed by atoms with E-state index in [9.17, 15) is 9.18 Å². The molecular weight excluding hydrogens is 325 g/mol. The Balaban J connectivity index is 1.48. The number of ether oxygens (including phenoxy) is 1. The molecule has 0 spiro atoms. The SMILES string of the molecule is C[C@@H]1C[C@@H](N2CCC[C@H](c3nc(-c4ccc(F)cc4)no3)C2)C(=O)O1. The van der Waals surface area contributed by atoms with Crippen molar-refractivity contribution in [3.8, 4) is 11.4 Å². The summed E-state index contributed by atoms with van der Waals surface area (Å²) in [6.45, 7) is 3.51. The van der Waals surface area contributed by atoms with Crippen LogP contribution in [-0.4, -0.2) is 46.2 Å². The van der Waals surface area contributed by atoms with E-state index in [2.05, 4.69) is 15.0 Å². The predicted octanol–water partition coefficient (Wildman–Crippen LogP) is 2.76. The molecule has 3 heterocycles. The van der Waals surface area contributed by atoms with Crippen LogP contribution in [0.2, 0.25) is 0 Å². The first-order valence-corrected chi connectivity index (χ1v) is 8.64. The molecule has 1 aromatic heterocycles. The molecule has 1 aromatic carbocycles. The highest BCUT2D eigenvalue weighted by Crippen LogP contribution is 2.31. The molecule has 4 rings (SSSR count). The maximum absolute atomic E-state index is 13.0. The molecule has 2 aliphatic rings. The zero-order valence-electron chi connectivity index (χ0n) is 14.0. The van der Waals surface area contributed by atoms with Gasteiger partial charge in [-0.05, 0) is 50.6 Å². The van der Waals surface area contributed by atoms with Crippen LogP contribution < -0.4 is 0 Å². The Morgan fingerprint density at radius 2 is 2.08 bits per heavy atom. The van der Waals surface area contributed by atoms with Crippen molar-refractivity contribution in [3.63, 3.8) is 0 Å². The van der Waals surface area contributed by atoms with E-state index < -0.39 is 0 Å². The number of nitrogens with zero attached hydrogens (tertiary/aromatic N) is 3.